The lowest BCUT2D eigenvalue weighted by Crippen LogP contribution is -2.54. The molecule has 1 atom stereocenters. The zero-order valence-corrected chi connectivity index (χ0v) is 19.4. The number of carbonyl (C=O) groups is 2. The molecule has 1 fully saturated rings. The van der Waals surface area contributed by atoms with Gasteiger partial charge >= 0.3 is 0 Å². The molecule has 33 heavy (non-hydrogen) atoms. The molecule has 2 aromatic carbocycles. The lowest BCUT2D eigenvalue weighted by molar-refractivity contribution is -0.147. The van der Waals surface area contributed by atoms with Crippen LogP contribution in [0.25, 0.3) is 11.1 Å². The zero-order valence-electron chi connectivity index (χ0n) is 19.4. The van der Waals surface area contributed by atoms with Gasteiger partial charge in [-0.2, -0.15) is 0 Å². The van der Waals surface area contributed by atoms with E-state index in [0.717, 1.165) is 29.7 Å². The highest BCUT2D eigenvalue weighted by molar-refractivity contribution is 5.85. The smallest absolute Gasteiger partial charge is 0.230 e. The summed E-state index contributed by atoms with van der Waals surface area (Å²) >= 11 is 0. The highest BCUT2D eigenvalue weighted by Gasteiger charge is 2.44. The van der Waals surface area contributed by atoms with Crippen molar-refractivity contribution in [1.29, 1.82) is 0 Å². The van der Waals surface area contributed by atoms with Crippen molar-refractivity contribution in [2.45, 2.75) is 25.7 Å². The van der Waals surface area contributed by atoms with Crippen molar-refractivity contribution in [3.8, 4) is 11.1 Å². The van der Waals surface area contributed by atoms with Gasteiger partial charge in [0.2, 0.25) is 11.8 Å². The Morgan fingerprint density at radius 2 is 1.64 bits per heavy atom. The maximum Gasteiger partial charge on any atom is 0.230 e. The average Bonchev–Trinajstić information content (AvgIpc) is 2.85. The molecule has 2 heterocycles. The minimum absolute atomic E-state index is 0.0313. The number of hydrogen-bond acceptors (Lipinski definition) is 3. The van der Waals surface area contributed by atoms with E-state index >= 15 is 0 Å². The fourth-order valence-corrected chi connectivity index (χ4v) is 4.82. The lowest BCUT2D eigenvalue weighted by Gasteiger charge is -2.43. The van der Waals surface area contributed by atoms with Gasteiger partial charge in [0.15, 0.2) is 0 Å². The van der Waals surface area contributed by atoms with Crippen LogP contribution in [0.3, 0.4) is 0 Å². The predicted octanol–water partition coefficient (Wildman–Crippen LogP) is 4.23. The second kappa shape index (κ2) is 9.99. The molecule has 0 spiro atoms. The quantitative estimate of drug-likeness (QED) is 0.575. The number of hydrogen-bond donors (Lipinski definition) is 0. The average molecular weight is 442 g/mol. The van der Waals surface area contributed by atoms with E-state index in [1.807, 2.05) is 41.3 Å². The monoisotopic (exact) mass is 441 g/mol. The first-order valence-electron chi connectivity index (χ1n) is 11.5. The molecule has 5 nitrogen and oxygen atoms in total. The molecule has 1 aromatic heterocycles. The van der Waals surface area contributed by atoms with Gasteiger partial charge in [0.1, 0.15) is 0 Å². The van der Waals surface area contributed by atoms with Crippen LogP contribution in [0, 0.1) is 5.41 Å². The summed E-state index contributed by atoms with van der Waals surface area (Å²) in [5.41, 5.74) is 3.59. The maximum absolute atomic E-state index is 13.4. The molecular formula is C28H31N3O2. The number of amides is 2. The van der Waals surface area contributed by atoms with E-state index < -0.39 is 5.41 Å². The van der Waals surface area contributed by atoms with Crippen LogP contribution in [0.1, 0.15) is 24.1 Å². The van der Waals surface area contributed by atoms with Crippen molar-refractivity contribution in [3.63, 3.8) is 0 Å². The molecule has 1 aliphatic rings. The summed E-state index contributed by atoms with van der Waals surface area (Å²) in [4.78, 5) is 34.3. The molecule has 2 amide bonds. The topological polar surface area (TPSA) is 53.5 Å². The van der Waals surface area contributed by atoms with Crippen LogP contribution in [0.15, 0.2) is 79.0 Å². The van der Waals surface area contributed by atoms with Gasteiger partial charge in [-0.1, -0.05) is 60.7 Å². The Labute approximate surface area is 196 Å². The SMILES string of the molecule is CN(C)C(=O)[C@]1(Cc2ccc(-c3ccccc3)cc2)CCCN(C(=O)Cc2ccccn2)C1. The van der Waals surface area contributed by atoms with Gasteiger partial charge in [-0.15, -0.1) is 0 Å². The molecule has 0 radical (unpaired) electrons. The lowest BCUT2D eigenvalue weighted by atomic mass is 9.73. The van der Waals surface area contributed by atoms with Crippen LogP contribution in [0.2, 0.25) is 0 Å². The van der Waals surface area contributed by atoms with E-state index in [-0.39, 0.29) is 18.2 Å². The van der Waals surface area contributed by atoms with Crippen molar-refractivity contribution < 1.29 is 9.59 Å². The minimum Gasteiger partial charge on any atom is -0.348 e. The van der Waals surface area contributed by atoms with Gasteiger partial charge in [-0.25, -0.2) is 0 Å². The summed E-state index contributed by atoms with van der Waals surface area (Å²) < 4.78 is 0. The molecule has 4 rings (SSSR count). The molecule has 3 aromatic rings. The molecule has 0 unspecified atom stereocenters. The van der Waals surface area contributed by atoms with E-state index in [1.54, 1.807) is 25.2 Å². The molecular weight excluding hydrogens is 410 g/mol. The van der Waals surface area contributed by atoms with Crippen LogP contribution >= 0.6 is 0 Å². The zero-order chi connectivity index (χ0) is 23.3. The third-order valence-electron chi connectivity index (χ3n) is 6.45. The summed E-state index contributed by atoms with van der Waals surface area (Å²) in [6, 6.07) is 24.3. The predicted molar refractivity (Wildman–Crippen MR) is 130 cm³/mol. The number of aromatic nitrogens is 1. The van der Waals surface area contributed by atoms with E-state index in [1.165, 1.54) is 5.56 Å². The summed E-state index contributed by atoms with van der Waals surface area (Å²) in [7, 11) is 3.61. The summed E-state index contributed by atoms with van der Waals surface area (Å²) in [5, 5.41) is 0. The number of carbonyl (C=O) groups excluding carboxylic acids is 2. The Balaban J connectivity index is 1.54. The highest BCUT2D eigenvalue weighted by atomic mass is 16.2. The van der Waals surface area contributed by atoms with Gasteiger partial charge in [0.25, 0.3) is 0 Å². The Morgan fingerprint density at radius 1 is 0.939 bits per heavy atom. The van der Waals surface area contributed by atoms with E-state index in [4.69, 9.17) is 0 Å². The number of rotatable bonds is 6. The van der Waals surface area contributed by atoms with Crippen LogP contribution in [-0.2, 0) is 22.4 Å². The summed E-state index contributed by atoms with van der Waals surface area (Å²) in [6.45, 7) is 1.12. The van der Waals surface area contributed by atoms with Crippen molar-refractivity contribution in [1.82, 2.24) is 14.8 Å². The normalized spacial score (nSPS) is 18.1. The molecule has 170 valence electrons. The number of piperidine rings is 1. The Kier molecular flexibility index (Phi) is 6.87. The number of benzene rings is 2. The summed E-state index contributed by atoms with van der Waals surface area (Å²) in [5.74, 6) is 0.119. The standard InChI is InChI=1S/C28H31N3O2/c1-30(2)27(33)28(20-22-12-14-24(15-13-22)23-9-4-3-5-10-23)16-8-18-31(21-28)26(32)19-25-11-6-7-17-29-25/h3-7,9-15,17H,8,16,18-21H2,1-2H3/t28-/m0/s1. The Hall–Kier alpha value is -3.47. The molecule has 1 saturated heterocycles. The van der Waals surface area contributed by atoms with Gasteiger partial charge in [-0.3, -0.25) is 14.6 Å². The second-order valence-electron chi connectivity index (χ2n) is 9.14. The first kappa shape index (κ1) is 22.7. The fourth-order valence-electron chi connectivity index (χ4n) is 4.82. The van der Waals surface area contributed by atoms with Crippen molar-refractivity contribution in [3.05, 3.63) is 90.3 Å². The molecule has 5 heteroatoms. The largest absolute Gasteiger partial charge is 0.348 e. The molecule has 0 bridgehead atoms. The number of nitrogens with zero attached hydrogens (tertiary/aromatic N) is 3. The minimum atomic E-state index is -0.615. The van der Waals surface area contributed by atoms with E-state index in [0.29, 0.717) is 19.5 Å². The van der Waals surface area contributed by atoms with Gasteiger partial charge in [-0.05, 0) is 48.1 Å². The highest BCUT2D eigenvalue weighted by Crippen LogP contribution is 2.36. The van der Waals surface area contributed by atoms with Crippen LogP contribution in [0.4, 0.5) is 0 Å². The first-order chi connectivity index (χ1) is 16.0. The van der Waals surface area contributed by atoms with E-state index in [2.05, 4.69) is 41.4 Å². The summed E-state index contributed by atoms with van der Waals surface area (Å²) in [6.07, 6.45) is 4.18. The number of likely N-dealkylation sites (tertiary alicyclic amines) is 1. The number of pyridine rings is 1. The Bertz CT molecular complexity index is 1080. The van der Waals surface area contributed by atoms with Crippen molar-refractivity contribution in [2.75, 3.05) is 27.2 Å². The first-order valence-corrected chi connectivity index (χ1v) is 11.5. The van der Waals surface area contributed by atoms with Crippen LogP contribution in [0.5, 0.6) is 0 Å². The maximum atomic E-state index is 13.4. The molecule has 1 aliphatic heterocycles. The van der Waals surface area contributed by atoms with Gasteiger partial charge < -0.3 is 9.80 Å². The van der Waals surface area contributed by atoms with Crippen molar-refractivity contribution >= 4 is 11.8 Å². The van der Waals surface area contributed by atoms with Crippen LogP contribution in [-0.4, -0.2) is 53.8 Å². The van der Waals surface area contributed by atoms with Gasteiger partial charge in [0, 0.05) is 39.1 Å². The third kappa shape index (κ3) is 5.30. The van der Waals surface area contributed by atoms with Crippen LogP contribution < -0.4 is 0 Å². The van der Waals surface area contributed by atoms with E-state index in [9.17, 15) is 9.59 Å². The third-order valence-corrected chi connectivity index (χ3v) is 6.45. The van der Waals surface area contributed by atoms with Gasteiger partial charge in [0.05, 0.1) is 11.8 Å². The Morgan fingerprint density at radius 3 is 2.30 bits per heavy atom. The second-order valence-corrected chi connectivity index (χ2v) is 9.14. The molecule has 0 saturated carbocycles. The fraction of sp³-hybridized carbons (Fsp3) is 0.321. The molecule has 0 N–H and O–H groups in total. The van der Waals surface area contributed by atoms with Crippen molar-refractivity contribution in [2.24, 2.45) is 5.41 Å². The molecule has 0 aliphatic carbocycles.